The number of nitrogens with zero attached hydrogens (tertiary/aromatic N) is 2. The first kappa shape index (κ1) is 13.4. The summed E-state index contributed by atoms with van der Waals surface area (Å²) in [7, 11) is 0. The van der Waals surface area contributed by atoms with Crippen LogP contribution in [0.4, 0.5) is 0 Å². The molecule has 1 saturated heterocycles. The normalized spacial score (nSPS) is 22.7. The van der Waals surface area contributed by atoms with Crippen molar-refractivity contribution >= 4 is 11.8 Å². The van der Waals surface area contributed by atoms with Crippen molar-refractivity contribution in [3.8, 4) is 0 Å². The lowest BCUT2D eigenvalue weighted by Gasteiger charge is -2.42. The Labute approximate surface area is 109 Å². The van der Waals surface area contributed by atoms with E-state index in [1.165, 1.54) is 0 Å². The second kappa shape index (κ2) is 4.90. The highest BCUT2D eigenvalue weighted by Crippen LogP contribution is 2.27. The van der Waals surface area contributed by atoms with Crippen LogP contribution in [0.1, 0.15) is 46.5 Å². The highest BCUT2D eigenvalue weighted by Gasteiger charge is 2.35. The fraction of sp³-hybridized carbons (Fsp3) is 0.857. The molecule has 4 nitrogen and oxygen atoms in total. The third-order valence-corrected chi connectivity index (χ3v) is 4.05. The molecular weight excluding hydrogens is 228 g/mol. The van der Waals surface area contributed by atoms with Crippen molar-refractivity contribution in [2.24, 2.45) is 5.92 Å². The third kappa shape index (κ3) is 2.68. The van der Waals surface area contributed by atoms with E-state index in [4.69, 9.17) is 0 Å². The molecule has 18 heavy (non-hydrogen) atoms. The molecule has 0 radical (unpaired) electrons. The fourth-order valence-electron chi connectivity index (χ4n) is 3.00. The largest absolute Gasteiger partial charge is 0.335 e. The second-order valence-electron chi connectivity index (χ2n) is 6.46. The van der Waals surface area contributed by atoms with Gasteiger partial charge in [-0.15, -0.1) is 0 Å². The molecular formula is C14H24N2O2. The van der Waals surface area contributed by atoms with Crippen LogP contribution in [0.25, 0.3) is 0 Å². The SMILES string of the molecule is CC(C)(C)N1CCN(C(=O)C2CCCC2)CC1=O. The third-order valence-electron chi connectivity index (χ3n) is 4.05. The zero-order valence-corrected chi connectivity index (χ0v) is 11.7. The van der Waals surface area contributed by atoms with E-state index >= 15 is 0 Å². The molecule has 0 spiro atoms. The zero-order chi connectivity index (χ0) is 13.3. The van der Waals surface area contributed by atoms with E-state index in [2.05, 4.69) is 0 Å². The number of hydrogen-bond donors (Lipinski definition) is 0. The maximum Gasteiger partial charge on any atom is 0.242 e. The molecule has 1 saturated carbocycles. The van der Waals surface area contributed by atoms with Crippen LogP contribution in [0, 0.1) is 5.92 Å². The summed E-state index contributed by atoms with van der Waals surface area (Å²) in [6.07, 6.45) is 4.33. The van der Waals surface area contributed by atoms with E-state index in [9.17, 15) is 9.59 Å². The van der Waals surface area contributed by atoms with Crippen LogP contribution in [0.5, 0.6) is 0 Å². The predicted molar refractivity (Wildman–Crippen MR) is 70.0 cm³/mol. The van der Waals surface area contributed by atoms with Crippen molar-refractivity contribution in [3.63, 3.8) is 0 Å². The van der Waals surface area contributed by atoms with Crippen molar-refractivity contribution < 1.29 is 9.59 Å². The number of hydrogen-bond acceptors (Lipinski definition) is 2. The van der Waals surface area contributed by atoms with Gasteiger partial charge < -0.3 is 9.80 Å². The minimum absolute atomic E-state index is 0.0834. The lowest BCUT2D eigenvalue weighted by Crippen LogP contribution is -2.58. The summed E-state index contributed by atoms with van der Waals surface area (Å²) in [6.45, 7) is 7.75. The lowest BCUT2D eigenvalue weighted by atomic mass is 10.0. The molecule has 0 aromatic rings. The second-order valence-corrected chi connectivity index (χ2v) is 6.46. The standard InChI is InChI=1S/C14H24N2O2/c1-14(2,3)16-9-8-15(10-12(16)17)13(18)11-6-4-5-7-11/h11H,4-10H2,1-3H3. The summed E-state index contributed by atoms with van der Waals surface area (Å²) in [5.74, 6) is 0.466. The van der Waals surface area contributed by atoms with Crippen LogP contribution in [0.15, 0.2) is 0 Å². The van der Waals surface area contributed by atoms with Crippen LogP contribution >= 0.6 is 0 Å². The average molecular weight is 252 g/mol. The van der Waals surface area contributed by atoms with Gasteiger partial charge in [-0.05, 0) is 33.6 Å². The van der Waals surface area contributed by atoms with Gasteiger partial charge in [0.2, 0.25) is 11.8 Å². The molecule has 2 amide bonds. The Kier molecular flexibility index (Phi) is 3.64. The maximum absolute atomic E-state index is 12.3. The molecule has 0 bridgehead atoms. The Morgan fingerprint density at radius 2 is 1.78 bits per heavy atom. The van der Waals surface area contributed by atoms with Gasteiger partial charge in [0.1, 0.15) is 0 Å². The summed E-state index contributed by atoms with van der Waals surface area (Å²) < 4.78 is 0. The van der Waals surface area contributed by atoms with Crippen LogP contribution < -0.4 is 0 Å². The van der Waals surface area contributed by atoms with Gasteiger partial charge in [-0.1, -0.05) is 12.8 Å². The zero-order valence-electron chi connectivity index (χ0n) is 11.7. The van der Waals surface area contributed by atoms with E-state index < -0.39 is 0 Å². The van der Waals surface area contributed by atoms with Crippen LogP contribution in [-0.2, 0) is 9.59 Å². The molecule has 2 fully saturated rings. The number of carbonyl (C=O) groups excluding carboxylic acids is 2. The topological polar surface area (TPSA) is 40.6 Å². The lowest BCUT2D eigenvalue weighted by molar-refractivity contribution is -0.151. The quantitative estimate of drug-likeness (QED) is 0.712. The Balaban J connectivity index is 1.95. The molecule has 4 heteroatoms. The maximum atomic E-state index is 12.3. The number of rotatable bonds is 1. The summed E-state index contributed by atoms with van der Waals surface area (Å²) >= 11 is 0. The van der Waals surface area contributed by atoms with Gasteiger partial charge in [-0.3, -0.25) is 9.59 Å². The summed E-state index contributed by atoms with van der Waals surface area (Å²) in [6, 6.07) is 0. The van der Waals surface area contributed by atoms with Crippen LogP contribution in [0.3, 0.4) is 0 Å². The Morgan fingerprint density at radius 1 is 1.17 bits per heavy atom. The van der Waals surface area contributed by atoms with Gasteiger partial charge in [0.25, 0.3) is 0 Å². The van der Waals surface area contributed by atoms with Crippen LogP contribution in [0.2, 0.25) is 0 Å². The molecule has 0 atom stereocenters. The Hall–Kier alpha value is -1.06. The van der Waals surface area contributed by atoms with Crippen molar-refractivity contribution in [1.29, 1.82) is 0 Å². The molecule has 2 aliphatic rings. The first-order chi connectivity index (χ1) is 8.39. The van der Waals surface area contributed by atoms with Gasteiger partial charge >= 0.3 is 0 Å². The van der Waals surface area contributed by atoms with E-state index in [0.29, 0.717) is 13.1 Å². The smallest absolute Gasteiger partial charge is 0.242 e. The first-order valence-electron chi connectivity index (χ1n) is 6.99. The Morgan fingerprint density at radius 3 is 2.28 bits per heavy atom. The predicted octanol–water partition coefficient (Wildman–Crippen LogP) is 1.65. The molecule has 0 N–H and O–H groups in total. The van der Waals surface area contributed by atoms with Gasteiger partial charge in [-0.2, -0.15) is 0 Å². The number of piperazine rings is 1. The van der Waals surface area contributed by atoms with Gasteiger partial charge in [0.05, 0.1) is 6.54 Å². The van der Waals surface area contributed by atoms with Crippen molar-refractivity contribution in [3.05, 3.63) is 0 Å². The fourth-order valence-corrected chi connectivity index (χ4v) is 3.00. The molecule has 2 rings (SSSR count). The molecule has 1 aliphatic heterocycles. The van der Waals surface area contributed by atoms with E-state index in [1.807, 2.05) is 25.7 Å². The molecule has 1 aliphatic carbocycles. The minimum Gasteiger partial charge on any atom is -0.335 e. The van der Waals surface area contributed by atoms with Crippen LogP contribution in [-0.4, -0.2) is 46.8 Å². The first-order valence-corrected chi connectivity index (χ1v) is 6.99. The number of amides is 2. The van der Waals surface area contributed by atoms with Crippen molar-refractivity contribution in [2.45, 2.75) is 52.0 Å². The monoisotopic (exact) mass is 252 g/mol. The molecule has 0 aromatic carbocycles. The molecule has 0 aromatic heterocycles. The summed E-state index contributed by atoms with van der Waals surface area (Å²) in [4.78, 5) is 28.0. The summed E-state index contributed by atoms with van der Waals surface area (Å²) in [5, 5.41) is 0. The van der Waals surface area contributed by atoms with Gasteiger partial charge in [0, 0.05) is 24.5 Å². The Bertz CT molecular complexity index is 340. The van der Waals surface area contributed by atoms with Crippen molar-refractivity contribution in [2.75, 3.05) is 19.6 Å². The average Bonchev–Trinajstić information content (AvgIpc) is 2.79. The number of carbonyl (C=O) groups is 2. The molecule has 0 unspecified atom stereocenters. The molecule has 1 heterocycles. The summed E-state index contributed by atoms with van der Waals surface area (Å²) in [5.41, 5.74) is -0.139. The molecule has 102 valence electrons. The minimum atomic E-state index is -0.139. The van der Waals surface area contributed by atoms with E-state index in [1.54, 1.807) is 4.90 Å². The van der Waals surface area contributed by atoms with E-state index in [0.717, 1.165) is 25.7 Å². The highest BCUT2D eigenvalue weighted by molar-refractivity contribution is 5.87. The van der Waals surface area contributed by atoms with Crippen molar-refractivity contribution in [1.82, 2.24) is 9.80 Å². The van der Waals surface area contributed by atoms with Gasteiger partial charge in [-0.25, -0.2) is 0 Å². The highest BCUT2D eigenvalue weighted by atomic mass is 16.2. The van der Waals surface area contributed by atoms with Gasteiger partial charge in [0.15, 0.2) is 0 Å². The van der Waals surface area contributed by atoms with E-state index in [-0.39, 0.29) is 29.8 Å².